The zero-order valence-corrected chi connectivity index (χ0v) is 9.62. The first kappa shape index (κ1) is 11.1. The van der Waals surface area contributed by atoms with Crippen molar-refractivity contribution < 1.29 is 14.6 Å². The summed E-state index contributed by atoms with van der Waals surface area (Å²) < 4.78 is 5.46. The molecule has 1 aliphatic rings. The quantitative estimate of drug-likeness (QED) is 0.792. The molecular weight excluding hydrogens is 204 g/mol. The second kappa shape index (κ2) is 3.91. The molecule has 0 bridgehead atoms. The Bertz CT molecular complexity index is 421. The van der Waals surface area contributed by atoms with Gasteiger partial charge >= 0.3 is 0 Å². The highest BCUT2D eigenvalue weighted by Gasteiger charge is 2.32. The lowest BCUT2D eigenvalue weighted by molar-refractivity contribution is 0.0387. The Balaban J connectivity index is 2.42. The molecule has 0 saturated carbocycles. The van der Waals surface area contributed by atoms with E-state index in [-0.39, 0.29) is 5.78 Å². The van der Waals surface area contributed by atoms with E-state index in [9.17, 15) is 9.90 Å². The smallest absolute Gasteiger partial charge is 0.197 e. The van der Waals surface area contributed by atoms with Crippen molar-refractivity contribution in [2.75, 3.05) is 6.61 Å². The molecule has 0 saturated heterocycles. The molecule has 3 heteroatoms. The van der Waals surface area contributed by atoms with E-state index >= 15 is 0 Å². The maximum Gasteiger partial charge on any atom is 0.197 e. The summed E-state index contributed by atoms with van der Waals surface area (Å²) in [6.45, 7) is 3.96. The zero-order valence-electron chi connectivity index (χ0n) is 9.62. The molecule has 1 heterocycles. The Labute approximate surface area is 95.0 Å². The van der Waals surface area contributed by atoms with Crippen LogP contribution in [-0.4, -0.2) is 23.1 Å². The van der Waals surface area contributed by atoms with E-state index in [1.165, 1.54) is 0 Å². The number of ether oxygens (including phenoxy) is 1. The molecule has 0 fully saturated rings. The number of Topliss-reactive ketones (excluding diaryl/α,β-unsaturated/α-hetero) is 1. The number of benzene rings is 1. The summed E-state index contributed by atoms with van der Waals surface area (Å²) in [6.07, 6.45) is 1.24. The maximum atomic E-state index is 12.1. The summed E-state index contributed by atoms with van der Waals surface area (Å²) in [5, 5.41) is 9.97. The van der Waals surface area contributed by atoms with Crippen molar-refractivity contribution in [3.8, 4) is 5.75 Å². The number of fused-ring (bicyclic) bond motifs is 1. The van der Waals surface area contributed by atoms with Crippen molar-refractivity contribution in [3.63, 3.8) is 0 Å². The van der Waals surface area contributed by atoms with Gasteiger partial charge in [0, 0.05) is 6.42 Å². The van der Waals surface area contributed by atoms with Gasteiger partial charge in [-0.25, -0.2) is 0 Å². The number of rotatable bonds is 3. The van der Waals surface area contributed by atoms with Crippen LogP contribution in [0.3, 0.4) is 0 Å². The van der Waals surface area contributed by atoms with Crippen molar-refractivity contribution in [2.45, 2.75) is 32.3 Å². The molecular formula is C13H16O3. The number of ketones is 1. The standard InChI is InChI=1S/C13H16O3/c1-3-13(2,15)12(14)10-6-4-5-9-7-8-16-11(9)10/h4-6,15H,3,7-8H2,1-2H3. The number of carbonyl (C=O) groups excluding carboxylic acids is 1. The molecule has 1 aromatic carbocycles. The molecule has 0 radical (unpaired) electrons. The zero-order chi connectivity index (χ0) is 11.8. The highest BCUT2D eigenvalue weighted by Crippen LogP contribution is 2.32. The first-order chi connectivity index (χ1) is 7.56. The minimum Gasteiger partial charge on any atom is -0.492 e. The van der Waals surface area contributed by atoms with Crippen LogP contribution in [0.25, 0.3) is 0 Å². The lowest BCUT2D eigenvalue weighted by atomic mass is 9.91. The van der Waals surface area contributed by atoms with Crippen LogP contribution in [0, 0.1) is 0 Å². The molecule has 1 N–H and O–H groups in total. The van der Waals surface area contributed by atoms with Crippen LogP contribution in [0.15, 0.2) is 18.2 Å². The van der Waals surface area contributed by atoms with Crippen LogP contribution in [0.1, 0.15) is 36.2 Å². The van der Waals surface area contributed by atoms with Gasteiger partial charge in [0.15, 0.2) is 5.78 Å². The topological polar surface area (TPSA) is 46.5 Å². The van der Waals surface area contributed by atoms with Gasteiger partial charge in [0.25, 0.3) is 0 Å². The van der Waals surface area contributed by atoms with Gasteiger partial charge in [-0.2, -0.15) is 0 Å². The van der Waals surface area contributed by atoms with Crippen LogP contribution in [0.5, 0.6) is 5.75 Å². The molecule has 1 aliphatic heterocycles. The minimum absolute atomic E-state index is 0.256. The fraction of sp³-hybridized carbons (Fsp3) is 0.462. The highest BCUT2D eigenvalue weighted by molar-refractivity contribution is 6.04. The summed E-state index contributed by atoms with van der Waals surface area (Å²) in [5.41, 5.74) is 0.251. The van der Waals surface area contributed by atoms with E-state index in [0.29, 0.717) is 24.3 Å². The van der Waals surface area contributed by atoms with Crippen LogP contribution < -0.4 is 4.74 Å². The average molecular weight is 220 g/mol. The summed E-state index contributed by atoms with van der Waals surface area (Å²) in [4.78, 5) is 12.1. The summed E-state index contributed by atoms with van der Waals surface area (Å²) in [5.74, 6) is 0.398. The number of para-hydroxylation sites is 1. The third-order valence-electron chi connectivity index (χ3n) is 3.14. The lowest BCUT2D eigenvalue weighted by Crippen LogP contribution is -2.34. The van der Waals surface area contributed by atoms with E-state index < -0.39 is 5.60 Å². The van der Waals surface area contributed by atoms with Gasteiger partial charge in [0.05, 0.1) is 12.2 Å². The molecule has 1 atom stereocenters. The van der Waals surface area contributed by atoms with Crippen molar-refractivity contribution in [1.82, 2.24) is 0 Å². The van der Waals surface area contributed by atoms with E-state index in [4.69, 9.17) is 4.74 Å². The van der Waals surface area contributed by atoms with E-state index in [1.54, 1.807) is 19.9 Å². The Morgan fingerprint density at radius 3 is 3.00 bits per heavy atom. The van der Waals surface area contributed by atoms with Gasteiger partial charge in [-0.3, -0.25) is 4.79 Å². The van der Waals surface area contributed by atoms with E-state index in [0.717, 1.165) is 12.0 Å². The van der Waals surface area contributed by atoms with Gasteiger partial charge in [0.2, 0.25) is 0 Å². The molecule has 0 aromatic heterocycles. The molecule has 16 heavy (non-hydrogen) atoms. The molecule has 2 rings (SSSR count). The molecule has 1 aromatic rings. The van der Waals surface area contributed by atoms with Crippen LogP contribution >= 0.6 is 0 Å². The average Bonchev–Trinajstić information content (AvgIpc) is 2.75. The second-order valence-electron chi connectivity index (χ2n) is 4.35. The van der Waals surface area contributed by atoms with Crippen molar-refractivity contribution in [3.05, 3.63) is 29.3 Å². The van der Waals surface area contributed by atoms with E-state index in [2.05, 4.69) is 0 Å². The van der Waals surface area contributed by atoms with Gasteiger partial charge in [0.1, 0.15) is 11.4 Å². The van der Waals surface area contributed by atoms with Crippen molar-refractivity contribution in [2.24, 2.45) is 0 Å². The number of carbonyl (C=O) groups is 1. The predicted molar refractivity (Wildman–Crippen MR) is 60.9 cm³/mol. The maximum absolute atomic E-state index is 12.1. The number of hydrogen-bond acceptors (Lipinski definition) is 3. The van der Waals surface area contributed by atoms with E-state index in [1.807, 2.05) is 12.1 Å². The summed E-state index contributed by atoms with van der Waals surface area (Å²) in [7, 11) is 0. The minimum atomic E-state index is -1.30. The van der Waals surface area contributed by atoms with Crippen LogP contribution in [-0.2, 0) is 6.42 Å². The molecule has 86 valence electrons. The van der Waals surface area contributed by atoms with Crippen molar-refractivity contribution >= 4 is 5.78 Å². The Morgan fingerprint density at radius 2 is 2.31 bits per heavy atom. The van der Waals surface area contributed by atoms with Crippen molar-refractivity contribution in [1.29, 1.82) is 0 Å². The molecule has 0 amide bonds. The lowest BCUT2D eigenvalue weighted by Gasteiger charge is -2.20. The van der Waals surface area contributed by atoms with Crippen LogP contribution in [0.2, 0.25) is 0 Å². The van der Waals surface area contributed by atoms with Gasteiger partial charge in [-0.15, -0.1) is 0 Å². The van der Waals surface area contributed by atoms with Gasteiger partial charge in [-0.1, -0.05) is 19.1 Å². The Morgan fingerprint density at radius 1 is 1.56 bits per heavy atom. The third kappa shape index (κ3) is 1.71. The van der Waals surface area contributed by atoms with Crippen LogP contribution in [0.4, 0.5) is 0 Å². The monoisotopic (exact) mass is 220 g/mol. The Kier molecular flexibility index (Phi) is 2.72. The second-order valence-corrected chi connectivity index (χ2v) is 4.35. The molecule has 0 spiro atoms. The largest absolute Gasteiger partial charge is 0.492 e. The molecule has 3 nitrogen and oxygen atoms in total. The summed E-state index contributed by atoms with van der Waals surface area (Å²) in [6, 6.07) is 5.52. The number of hydrogen-bond donors (Lipinski definition) is 1. The first-order valence-corrected chi connectivity index (χ1v) is 5.58. The highest BCUT2D eigenvalue weighted by atomic mass is 16.5. The molecule has 0 aliphatic carbocycles. The van der Waals surface area contributed by atoms with Gasteiger partial charge < -0.3 is 9.84 Å². The molecule has 1 unspecified atom stereocenters. The normalized spacial score (nSPS) is 17.4. The number of aliphatic hydroxyl groups is 1. The first-order valence-electron chi connectivity index (χ1n) is 5.58. The summed E-state index contributed by atoms with van der Waals surface area (Å²) >= 11 is 0. The fourth-order valence-electron chi connectivity index (χ4n) is 1.84. The SMILES string of the molecule is CCC(C)(O)C(=O)c1cccc2c1OCC2. The fourth-order valence-corrected chi connectivity index (χ4v) is 1.84. The Hall–Kier alpha value is -1.35. The third-order valence-corrected chi connectivity index (χ3v) is 3.14. The van der Waals surface area contributed by atoms with Gasteiger partial charge in [-0.05, 0) is 25.0 Å². The predicted octanol–water partition coefficient (Wildman–Crippen LogP) is 1.97.